The average molecular weight is 336 g/mol. The van der Waals surface area contributed by atoms with E-state index in [1.807, 2.05) is 0 Å². The molecule has 0 amide bonds. The molecule has 0 aliphatic heterocycles. The molecule has 128 valence electrons. The minimum atomic E-state index is 0.769. The van der Waals surface area contributed by atoms with E-state index in [2.05, 4.69) is 66.7 Å². The zero-order chi connectivity index (χ0) is 16.8. The summed E-state index contributed by atoms with van der Waals surface area (Å²) < 4.78 is 0. The van der Waals surface area contributed by atoms with Gasteiger partial charge in [-0.3, -0.25) is 0 Å². The van der Waals surface area contributed by atoms with Gasteiger partial charge in [-0.25, -0.2) is 0 Å². The highest BCUT2D eigenvalue weighted by atomic mass is 14.7. The van der Waals surface area contributed by atoms with Crippen molar-refractivity contribution in [2.75, 3.05) is 0 Å². The number of allylic oxidation sites excluding steroid dienone is 2. The molecule has 0 spiro atoms. The first kappa shape index (κ1) is 14.0. The second-order valence-electron chi connectivity index (χ2n) is 9.34. The fourth-order valence-corrected chi connectivity index (χ4v) is 7.80. The Kier molecular flexibility index (Phi) is 2.59. The molecule has 0 nitrogen and oxygen atoms in total. The molecule has 0 heteroatoms. The zero-order valence-corrected chi connectivity index (χ0v) is 15.0. The lowest BCUT2D eigenvalue weighted by atomic mass is 9.67. The fourth-order valence-electron chi connectivity index (χ4n) is 7.80. The molecule has 3 aromatic rings. The van der Waals surface area contributed by atoms with Gasteiger partial charge in [-0.15, -0.1) is 0 Å². The smallest absolute Gasteiger partial charge is 0.0115 e. The van der Waals surface area contributed by atoms with Gasteiger partial charge in [0.2, 0.25) is 0 Å². The van der Waals surface area contributed by atoms with Crippen LogP contribution in [0.3, 0.4) is 0 Å². The van der Waals surface area contributed by atoms with E-state index in [1.165, 1.54) is 40.8 Å². The van der Waals surface area contributed by atoms with Gasteiger partial charge < -0.3 is 0 Å². The van der Waals surface area contributed by atoms with Crippen molar-refractivity contribution in [1.29, 1.82) is 0 Å². The lowest BCUT2D eigenvalue weighted by molar-refractivity contribution is 0.186. The molecule has 3 aromatic carbocycles. The second-order valence-corrected chi connectivity index (χ2v) is 9.34. The van der Waals surface area contributed by atoms with Gasteiger partial charge in [-0.1, -0.05) is 60.7 Å². The molecule has 7 rings (SSSR count). The topological polar surface area (TPSA) is 0 Å². The zero-order valence-electron chi connectivity index (χ0n) is 15.0. The van der Waals surface area contributed by atoms with Crippen LogP contribution in [-0.2, 0) is 0 Å². The maximum absolute atomic E-state index is 2.57. The minimum absolute atomic E-state index is 0.769. The second kappa shape index (κ2) is 4.80. The molecule has 0 N–H and O–H groups in total. The Labute approximate surface area is 154 Å². The molecule has 3 fully saturated rings. The van der Waals surface area contributed by atoms with Crippen molar-refractivity contribution < 1.29 is 0 Å². The van der Waals surface area contributed by atoms with Crippen molar-refractivity contribution in [2.45, 2.75) is 25.2 Å². The average Bonchev–Trinajstić information content (AvgIpc) is 3.45. The first-order valence-corrected chi connectivity index (χ1v) is 10.5. The van der Waals surface area contributed by atoms with Crippen molar-refractivity contribution in [3.63, 3.8) is 0 Å². The Hall–Kier alpha value is -2.08. The van der Waals surface area contributed by atoms with E-state index < -0.39 is 0 Å². The molecule has 0 heterocycles. The van der Waals surface area contributed by atoms with E-state index in [1.54, 1.807) is 5.56 Å². The van der Waals surface area contributed by atoms with E-state index >= 15 is 0 Å². The third-order valence-corrected chi connectivity index (χ3v) is 8.45. The van der Waals surface area contributed by atoms with Gasteiger partial charge in [-0.05, 0) is 93.9 Å². The number of hydrogen-bond donors (Lipinski definition) is 0. The van der Waals surface area contributed by atoms with Gasteiger partial charge in [0, 0.05) is 0 Å². The summed E-state index contributed by atoms with van der Waals surface area (Å²) in [5.74, 6) is 6.48. The summed E-state index contributed by atoms with van der Waals surface area (Å²) in [7, 11) is 0. The van der Waals surface area contributed by atoms with Crippen LogP contribution in [0, 0.1) is 35.5 Å². The van der Waals surface area contributed by atoms with E-state index in [4.69, 9.17) is 0 Å². The van der Waals surface area contributed by atoms with Crippen molar-refractivity contribution in [1.82, 2.24) is 0 Å². The summed E-state index contributed by atoms with van der Waals surface area (Å²) in [6, 6.07) is 20.6. The van der Waals surface area contributed by atoms with E-state index in [0.717, 1.165) is 41.4 Å². The molecular weight excluding hydrogens is 312 g/mol. The van der Waals surface area contributed by atoms with Crippen LogP contribution < -0.4 is 0 Å². The van der Waals surface area contributed by atoms with Crippen LogP contribution in [0.1, 0.15) is 30.7 Å². The maximum atomic E-state index is 2.57. The van der Waals surface area contributed by atoms with Gasteiger partial charge in [0.15, 0.2) is 0 Å². The standard InChI is InChI=1S/C26H24/c1-3-7-20-15(5-1)11-16-6-2-4-8-21(16)26(20)23-14-19-13-22(23)25-18-10-9-17(12-18)24(19)25/h1-11,17-19,22-25H,12-14H2. The van der Waals surface area contributed by atoms with Crippen molar-refractivity contribution in [3.05, 3.63) is 72.3 Å². The van der Waals surface area contributed by atoms with Gasteiger partial charge >= 0.3 is 0 Å². The van der Waals surface area contributed by atoms with Crippen molar-refractivity contribution in [2.24, 2.45) is 35.5 Å². The number of rotatable bonds is 1. The van der Waals surface area contributed by atoms with Gasteiger partial charge in [0.1, 0.15) is 0 Å². The molecule has 7 unspecified atom stereocenters. The Balaban J connectivity index is 1.46. The normalized spacial score (nSPS) is 39.3. The predicted octanol–water partition coefficient (Wildman–Crippen LogP) is 6.55. The summed E-state index contributed by atoms with van der Waals surface area (Å²) in [6.07, 6.45) is 9.53. The number of benzene rings is 3. The van der Waals surface area contributed by atoms with Gasteiger partial charge in [0.05, 0.1) is 0 Å². The molecule has 0 saturated heterocycles. The highest BCUT2D eigenvalue weighted by molar-refractivity contribution is 6.02. The molecule has 7 atom stereocenters. The molecule has 4 bridgehead atoms. The van der Waals surface area contributed by atoms with E-state index in [0.29, 0.717) is 0 Å². The fraction of sp³-hybridized carbons (Fsp3) is 0.385. The van der Waals surface area contributed by atoms with Gasteiger partial charge in [0.25, 0.3) is 0 Å². The van der Waals surface area contributed by atoms with Crippen LogP contribution in [0.15, 0.2) is 66.7 Å². The first-order valence-electron chi connectivity index (χ1n) is 10.5. The number of fused-ring (bicyclic) bond motifs is 11. The molecule has 0 aromatic heterocycles. The highest BCUT2D eigenvalue weighted by Crippen LogP contribution is 2.69. The molecule has 26 heavy (non-hydrogen) atoms. The van der Waals surface area contributed by atoms with Crippen LogP contribution in [0.4, 0.5) is 0 Å². The Morgan fingerprint density at radius 2 is 1.31 bits per heavy atom. The largest absolute Gasteiger partial charge is 0.0848 e. The highest BCUT2D eigenvalue weighted by Gasteiger charge is 2.61. The third-order valence-electron chi connectivity index (χ3n) is 8.45. The van der Waals surface area contributed by atoms with Crippen LogP contribution >= 0.6 is 0 Å². The SMILES string of the molecule is C1=CC2CC1C1C3CC(c4c5ccccc5cc5ccccc45)C(C3)C21. The minimum Gasteiger partial charge on any atom is -0.0848 e. The Morgan fingerprint density at radius 3 is 2.04 bits per heavy atom. The summed E-state index contributed by atoms with van der Waals surface area (Å²) >= 11 is 0. The maximum Gasteiger partial charge on any atom is -0.0115 e. The molecule has 3 saturated carbocycles. The Bertz CT molecular complexity index is 1020. The number of hydrogen-bond acceptors (Lipinski definition) is 0. The van der Waals surface area contributed by atoms with Crippen molar-refractivity contribution in [3.8, 4) is 0 Å². The van der Waals surface area contributed by atoms with Crippen LogP contribution in [0.25, 0.3) is 21.5 Å². The predicted molar refractivity (Wildman–Crippen MR) is 108 cm³/mol. The summed E-state index contributed by atoms with van der Waals surface area (Å²) in [5, 5.41) is 5.87. The summed E-state index contributed by atoms with van der Waals surface area (Å²) in [4.78, 5) is 0. The summed E-state index contributed by atoms with van der Waals surface area (Å²) in [5.41, 5.74) is 1.68. The lowest BCUT2D eigenvalue weighted by Crippen LogP contribution is -2.30. The van der Waals surface area contributed by atoms with E-state index in [9.17, 15) is 0 Å². The quantitative estimate of drug-likeness (QED) is 0.268. The van der Waals surface area contributed by atoms with E-state index in [-0.39, 0.29) is 0 Å². The third kappa shape index (κ3) is 1.62. The van der Waals surface area contributed by atoms with Gasteiger partial charge in [-0.2, -0.15) is 0 Å². The molecule has 0 radical (unpaired) electrons. The Morgan fingerprint density at radius 1 is 0.654 bits per heavy atom. The van der Waals surface area contributed by atoms with Crippen LogP contribution in [0.2, 0.25) is 0 Å². The lowest BCUT2D eigenvalue weighted by Gasteiger charge is -2.37. The summed E-state index contributed by atoms with van der Waals surface area (Å²) in [6.45, 7) is 0. The van der Waals surface area contributed by atoms with Crippen LogP contribution in [-0.4, -0.2) is 0 Å². The molecular formula is C26H24. The van der Waals surface area contributed by atoms with Crippen molar-refractivity contribution >= 4 is 21.5 Å². The molecule has 4 aliphatic rings. The monoisotopic (exact) mass is 336 g/mol. The van der Waals surface area contributed by atoms with Crippen LogP contribution in [0.5, 0.6) is 0 Å². The molecule has 4 aliphatic carbocycles. The first-order chi connectivity index (χ1) is 12.9.